The van der Waals surface area contributed by atoms with Crippen LogP contribution < -0.4 is 0 Å². The predicted molar refractivity (Wildman–Crippen MR) is 264 cm³/mol. The standard InChI is InChI=1S/C59H36N4O/c1-2-12-37(13-3-1)39-22-27-41(28-23-39)57-60-58(42-29-24-40(25-30-42)46-31-26-38-14-4-5-15-43(38)34-46)62-59(61-57)49-32-33-52(56-55(49)48-19-9-11-21-54(48)64-56)63-51-20-10-8-18-47(51)50-35-44-16-6-7-17-45(44)36-53(50)63/h1-36H. The lowest BCUT2D eigenvalue weighted by molar-refractivity contribution is 0.666. The van der Waals surface area contributed by atoms with Crippen LogP contribution in [-0.2, 0) is 0 Å². The quantitative estimate of drug-likeness (QED) is 0.168. The van der Waals surface area contributed by atoms with E-state index in [0.717, 1.165) is 77.6 Å². The zero-order valence-corrected chi connectivity index (χ0v) is 34.5. The van der Waals surface area contributed by atoms with Gasteiger partial charge in [0, 0.05) is 38.2 Å². The van der Waals surface area contributed by atoms with Crippen molar-refractivity contribution in [3.63, 3.8) is 0 Å². The monoisotopic (exact) mass is 816 g/mol. The second-order valence-electron chi connectivity index (χ2n) is 16.4. The Morgan fingerprint density at radius 1 is 0.328 bits per heavy atom. The molecule has 0 fully saturated rings. The zero-order chi connectivity index (χ0) is 42.1. The molecule has 5 nitrogen and oxygen atoms in total. The maximum Gasteiger partial charge on any atom is 0.164 e. The Hall–Kier alpha value is -8.67. The second-order valence-corrected chi connectivity index (χ2v) is 16.4. The molecule has 0 aliphatic heterocycles. The molecule has 13 rings (SSSR count). The highest BCUT2D eigenvalue weighted by Gasteiger charge is 2.23. The first-order valence-electron chi connectivity index (χ1n) is 21.6. The van der Waals surface area contributed by atoms with Crippen molar-refractivity contribution < 1.29 is 4.42 Å². The van der Waals surface area contributed by atoms with Crippen LogP contribution in [0.25, 0.3) is 127 Å². The average Bonchev–Trinajstić information content (AvgIpc) is 3.91. The van der Waals surface area contributed by atoms with Crippen LogP contribution in [0.4, 0.5) is 0 Å². The van der Waals surface area contributed by atoms with Crippen LogP contribution >= 0.6 is 0 Å². The summed E-state index contributed by atoms with van der Waals surface area (Å²) in [6.45, 7) is 0. The van der Waals surface area contributed by atoms with E-state index in [1.807, 2.05) is 18.2 Å². The zero-order valence-electron chi connectivity index (χ0n) is 34.5. The van der Waals surface area contributed by atoms with E-state index in [2.05, 4.69) is 205 Å². The predicted octanol–water partition coefficient (Wildman–Crippen LogP) is 15.5. The van der Waals surface area contributed by atoms with Crippen LogP contribution in [-0.4, -0.2) is 19.5 Å². The molecule has 0 aliphatic carbocycles. The summed E-state index contributed by atoms with van der Waals surface area (Å²) < 4.78 is 9.28. The molecule has 0 bridgehead atoms. The van der Waals surface area contributed by atoms with Crippen molar-refractivity contribution in [2.75, 3.05) is 0 Å². The summed E-state index contributed by atoms with van der Waals surface area (Å²) in [7, 11) is 0. The van der Waals surface area contributed by atoms with E-state index in [1.54, 1.807) is 0 Å². The molecule has 0 saturated heterocycles. The summed E-state index contributed by atoms with van der Waals surface area (Å²) in [6.07, 6.45) is 0. The Morgan fingerprint density at radius 3 is 1.59 bits per heavy atom. The third kappa shape index (κ3) is 5.90. The van der Waals surface area contributed by atoms with E-state index >= 15 is 0 Å². The summed E-state index contributed by atoms with van der Waals surface area (Å²) in [5.41, 5.74) is 12.0. The summed E-state index contributed by atoms with van der Waals surface area (Å²) in [4.78, 5) is 15.8. The van der Waals surface area contributed by atoms with Crippen LogP contribution in [0, 0.1) is 0 Å². The second kappa shape index (κ2) is 14.5. The molecule has 0 unspecified atom stereocenters. The lowest BCUT2D eigenvalue weighted by Crippen LogP contribution is -2.01. The van der Waals surface area contributed by atoms with Crippen LogP contribution in [0.15, 0.2) is 223 Å². The molecule has 0 atom stereocenters. The molecule has 0 radical (unpaired) electrons. The minimum atomic E-state index is 0.571. The van der Waals surface area contributed by atoms with Gasteiger partial charge in [0.05, 0.1) is 16.7 Å². The first-order valence-corrected chi connectivity index (χ1v) is 21.6. The molecule has 10 aromatic carbocycles. The third-order valence-electron chi connectivity index (χ3n) is 12.6. The van der Waals surface area contributed by atoms with Gasteiger partial charge in [-0.15, -0.1) is 0 Å². The van der Waals surface area contributed by atoms with Crippen LogP contribution in [0.5, 0.6) is 0 Å². The molecule has 0 saturated carbocycles. The average molecular weight is 817 g/mol. The Bertz CT molecular complexity index is 3940. The van der Waals surface area contributed by atoms with Crippen molar-refractivity contribution in [1.29, 1.82) is 0 Å². The number of benzene rings is 10. The van der Waals surface area contributed by atoms with Gasteiger partial charge in [-0.1, -0.05) is 176 Å². The van der Waals surface area contributed by atoms with Gasteiger partial charge in [0.25, 0.3) is 0 Å². The summed E-state index contributed by atoms with van der Waals surface area (Å²) in [5.74, 6) is 1.76. The molecule has 3 aromatic heterocycles. The fourth-order valence-electron chi connectivity index (χ4n) is 9.47. The van der Waals surface area contributed by atoms with E-state index in [-0.39, 0.29) is 0 Å². The van der Waals surface area contributed by atoms with E-state index in [9.17, 15) is 0 Å². The van der Waals surface area contributed by atoms with E-state index in [1.165, 1.54) is 32.3 Å². The number of hydrogen-bond donors (Lipinski definition) is 0. The lowest BCUT2D eigenvalue weighted by atomic mass is 10.00. The van der Waals surface area contributed by atoms with Crippen molar-refractivity contribution in [3.8, 4) is 62.1 Å². The number of fused-ring (bicyclic) bond motifs is 8. The molecule has 0 spiro atoms. The number of nitrogens with zero attached hydrogens (tertiary/aromatic N) is 4. The van der Waals surface area contributed by atoms with Gasteiger partial charge in [-0.05, 0) is 86.3 Å². The fourth-order valence-corrected chi connectivity index (χ4v) is 9.47. The van der Waals surface area contributed by atoms with Crippen molar-refractivity contribution in [2.24, 2.45) is 0 Å². The summed E-state index contributed by atoms with van der Waals surface area (Å²) >= 11 is 0. The molecule has 0 aliphatic rings. The van der Waals surface area contributed by atoms with Gasteiger partial charge in [0.1, 0.15) is 5.58 Å². The van der Waals surface area contributed by atoms with Crippen LogP contribution in [0.3, 0.4) is 0 Å². The molecular weight excluding hydrogens is 781 g/mol. The van der Waals surface area contributed by atoms with Gasteiger partial charge >= 0.3 is 0 Å². The Morgan fingerprint density at radius 2 is 0.859 bits per heavy atom. The van der Waals surface area contributed by atoms with E-state index < -0.39 is 0 Å². The smallest absolute Gasteiger partial charge is 0.164 e. The molecule has 64 heavy (non-hydrogen) atoms. The number of para-hydroxylation sites is 2. The maximum absolute atomic E-state index is 6.93. The molecular formula is C59H36N4O. The van der Waals surface area contributed by atoms with Gasteiger partial charge in [-0.3, -0.25) is 0 Å². The Balaban J connectivity index is 1.01. The molecule has 298 valence electrons. The highest BCUT2D eigenvalue weighted by Crippen LogP contribution is 2.43. The van der Waals surface area contributed by atoms with E-state index in [4.69, 9.17) is 19.4 Å². The van der Waals surface area contributed by atoms with Crippen LogP contribution in [0.2, 0.25) is 0 Å². The van der Waals surface area contributed by atoms with Crippen molar-refractivity contribution in [1.82, 2.24) is 19.5 Å². The molecule has 0 N–H and O–H groups in total. The van der Waals surface area contributed by atoms with Crippen molar-refractivity contribution in [3.05, 3.63) is 218 Å². The van der Waals surface area contributed by atoms with Gasteiger partial charge in [-0.2, -0.15) is 0 Å². The highest BCUT2D eigenvalue weighted by atomic mass is 16.3. The normalized spacial score (nSPS) is 11.8. The topological polar surface area (TPSA) is 56.7 Å². The molecule has 5 heteroatoms. The maximum atomic E-state index is 6.93. The number of hydrogen-bond acceptors (Lipinski definition) is 4. The fraction of sp³-hybridized carbons (Fsp3) is 0. The molecule has 13 aromatic rings. The van der Waals surface area contributed by atoms with Crippen molar-refractivity contribution in [2.45, 2.75) is 0 Å². The van der Waals surface area contributed by atoms with Gasteiger partial charge in [0.2, 0.25) is 0 Å². The van der Waals surface area contributed by atoms with Crippen LogP contribution in [0.1, 0.15) is 0 Å². The first kappa shape index (κ1) is 36.0. The number of furan rings is 1. The van der Waals surface area contributed by atoms with Gasteiger partial charge in [-0.25, -0.2) is 15.0 Å². The first-order chi connectivity index (χ1) is 31.7. The van der Waals surface area contributed by atoms with Crippen molar-refractivity contribution >= 4 is 65.3 Å². The summed E-state index contributed by atoms with van der Waals surface area (Å²) in [6, 6.07) is 76.9. The third-order valence-corrected chi connectivity index (χ3v) is 12.6. The van der Waals surface area contributed by atoms with E-state index in [0.29, 0.717) is 17.5 Å². The van der Waals surface area contributed by atoms with Gasteiger partial charge < -0.3 is 8.98 Å². The molecule has 3 heterocycles. The largest absolute Gasteiger partial charge is 0.454 e. The summed E-state index contributed by atoms with van der Waals surface area (Å²) in [5, 5.41) is 9.16. The number of aromatic nitrogens is 4. The SMILES string of the molecule is c1ccc(-c2ccc(-c3nc(-c4ccc(-c5ccc6ccccc6c5)cc4)nc(-c4ccc(-n5c6ccccc6c6cc7ccccc7cc65)c5oc6ccccc6c45)n3)cc2)cc1. The minimum absolute atomic E-state index is 0.571. The molecule has 0 amide bonds. The minimum Gasteiger partial charge on any atom is -0.454 e. The Labute approximate surface area is 368 Å². The number of rotatable bonds is 6. The lowest BCUT2D eigenvalue weighted by Gasteiger charge is -2.13. The van der Waals surface area contributed by atoms with Gasteiger partial charge in [0.15, 0.2) is 23.1 Å². The Kier molecular flexibility index (Phi) is 8.15. The highest BCUT2D eigenvalue weighted by molar-refractivity contribution is 6.17.